The Morgan fingerprint density at radius 3 is 0.611 bits per heavy atom. The van der Waals surface area contributed by atoms with Crippen molar-refractivity contribution in [3.63, 3.8) is 0 Å². The Morgan fingerprint density at radius 2 is 0.444 bits per heavy atom. The first kappa shape index (κ1) is 67.3. The predicted molar refractivity (Wildman–Crippen MR) is 162 cm³/mol. The van der Waals surface area contributed by atoms with Gasteiger partial charge >= 0.3 is 376 Å². The molecule has 0 fully saturated rings. The molecule has 0 spiro atoms. The van der Waals surface area contributed by atoms with Gasteiger partial charge in [-0.15, -0.1) is 0 Å². The van der Waals surface area contributed by atoms with Crippen LogP contribution in [0.25, 0.3) is 0 Å². The van der Waals surface area contributed by atoms with Gasteiger partial charge in [0.15, 0.2) is 0 Å². The van der Waals surface area contributed by atoms with Gasteiger partial charge in [-0.2, -0.15) is 0 Å². The van der Waals surface area contributed by atoms with Gasteiger partial charge in [0.05, 0.1) is 0 Å². The zero-order chi connectivity index (χ0) is 58.4. The fourth-order valence-corrected chi connectivity index (χ4v) is 19.9. The molecule has 72 heavy (non-hydrogen) atoms. The standard InChI is InChI=1S/3C8H4F13.C8H9.Sn/c3*1-2-3(9,10)4(11,12)5(13,14)6(15,16)7(17,18)8(19,20)21;1-2-8-6-4-3-5-7-8;/h3*1-2H2;4-7H,2H2,1H3;. The van der Waals surface area contributed by atoms with Crippen LogP contribution in [0.1, 0.15) is 31.7 Å². The van der Waals surface area contributed by atoms with Gasteiger partial charge in [0.1, 0.15) is 0 Å². The van der Waals surface area contributed by atoms with E-state index < -0.39 is 168 Å². The molecule has 0 aliphatic heterocycles. The third-order valence-electron chi connectivity index (χ3n) is 10.7. The second-order valence-electron chi connectivity index (χ2n) is 15.3. The van der Waals surface area contributed by atoms with Crippen LogP contribution in [0.15, 0.2) is 24.3 Å². The van der Waals surface area contributed by atoms with Gasteiger partial charge < -0.3 is 0 Å². The van der Waals surface area contributed by atoms with Crippen molar-refractivity contribution in [2.24, 2.45) is 0 Å². The maximum absolute atomic E-state index is 15.1. The Bertz CT molecular complexity index is 1810. The molecule has 0 aromatic heterocycles. The molecule has 0 N–H and O–H groups in total. The Hall–Kier alpha value is -2.71. The second kappa shape index (κ2) is 18.8. The van der Waals surface area contributed by atoms with Crippen LogP contribution in [0.3, 0.4) is 0 Å². The van der Waals surface area contributed by atoms with Crippen LogP contribution in [-0.4, -0.2) is 126 Å². The zero-order valence-electron chi connectivity index (χ0n) is 33.5. The zero-order valence-corrected chi connectivity index (χ0v) is 36.4. The van der Waals surface area contributed by atoms with Crippen LogP contribution in [0.2, 0.25) is 13.3 Å². The van der Waals surface area contributed by atoms with Gasteiger partial charge in [0.25, 0.3) is 0 Å². The summed E-state index contributed by atoms with van der Waals surface area (Å²) in [5.74, 6) is -127. The van der Waals surface area contributed by atoms with Crippen molar-refractivity contribution in [2.45, 2.75) is 153 Å². The quantitative estimate of drug-likeness (QED) is 0.0757. The molecule has 1 aromatic rings. The average molecular weight is 1270 g/mol. The molecule has 0 nitrogen and oxygen atoms in total. The fraction of sp³-hybridized carbons (Fsp3) is 0.812. The molecule has 0 radical (unpaired) electrons. The number of aryl methyl sites for hydroxylation is 1. The summed E-state index contributed by atoms with van der Waals surface area (Å²) in [5, 5.41) is 0. The second-order valence-corrected chi connectivity index (χ2v) is 28.6. The van der Waals surface area contributed by atoms with Crippen molar-refractivity contribution in [3.8, 4) is 0 Å². The van der Waals surface area contributed by atoms with E-state index in [-0.39, 0.29) is 17.7 Å². The molecule has 1 rings (SSSR count). The van der Waals surface area contributed by atoms with E-state index in [2.05, 4.69) is 0 Å². The van der Waals surface area contributed by atoms with Crippen molar-refractivity contribution < 1.29 is 171 Å². The number of alkyl halides is 39. The summed E-state index contributed by atoms with van der Waals surface area (Å²) in [4.78, 5) is 0. The molecular formula is C32H21F39Sn. The topological polar surface area (TPSA) is 0 Å². The van der Waals surface area contributed by atoms with Crippen LogP contribution >= 0.6 is 0 Å². The first-order valence-electron chi connectivity index (χ1n) is 17.9. The number of hydrogen-bond acceptors (Lipinski definition) is 0. The molecule has 0 aliphatic carbocycles. The SMILES string of the molecule is CCc1cc[c]([Sn]([CH2]CC(F)(F)C(F)(F)C(F)(F)C(F)(F)C(F)(F)C(F)(F)F)([CH2]CC(F)(F)C(F)(F)C(F)(F)C(F)(F)C(F)(F)C(F)(F)F)[CH2]CC(F)(F)C(F)(F)C(F)(F)C(F)(F)C(F)(F)C(F)(F)F)cc1. The monoisotopic (exact) mass is 1270 g/mol. The van der Waals surface area contributed by atoms with Gasteiger partial charge in [-0.1, -0.05) is 0 Å². The summed E-state index contributed by atoms with van der Waals surface area (Å²) in [6, 6.07) is 0.458. The third kappa shape index (κ3) is 10.1. The fourth-order valence-electron chi connectivity index (χ4n) is 5.97. The molecule has 0 amide bonds. The van der Waals surface area contributed by atoms with Gasteiger partial charge in [-0.25, -0.2) is 0 Å². The summed E-state index contributed by atoms with van der Waals surface area (Å²) in [6.45, 7) is 1.02. The van der Waals surface area contributed by atoms with Crippen LogP contribution in [0, 0.1) is 0 Å². The molecule has 0 atom stereocenters. The number of hydrogen-bond donors (Lipinski definition) is 0. The van der Waals surface area contributed by atoms with Gasteiger partial charge in [-0.05, 0) is 0 Å². The predicted octanol–water partition coefficient (Wildman–Crippen LogP) is 16.3. The van der Waals surface area contributed by atoms with E-state index >= 15 is 26.3 Å². The molecular weight excluding hydrogens is 1240 g/mol. The van der Waals surface area contributed by atoms with Crippen LogP contribution in [0.5, 0.6) is 0 Å². The van der Waals surface area contributed by atoms with Crippen LogP contribution in [0.4, 0.5) is 171 Å². The summed E-state index contributed by atoms with van der Waals surface area (Å²) in [6.07, 6.45) is -36.9. The average Bonchev–Trinajstić information content (AvgIpc) is 3.18. The van der Waals surface area contributed by atoms with Gasteiger partial charge in [0.2, 0.25) is 0 Å². The van der Waals surface area contributed by atoms with E-state index in [1.807, 2.05) is 0 Å². The van der Waals surface area contributed by atoms with Crippen molar-refractivity contribution in [1.29, 1.82) is 0 Å². The summed E-state index contributed by atoms with van der Waals surface area (Å²) in [5.41, 5.74) is -0.364. The minimum absolute atomic E-state index is 0.0797. The van der Waals surface area contributed by atoms with Gasteiger partial charge in [0, 0.05) is 0 Å². The third-order valence-corrected chi connectivity index (χ3v) is 25.5. The van der Waals surface area contributed by atoms with E-state index in [9.17, 15) is 145 Å². The minimum atomic E-state index is -8.86. The summed E-state index contributed by atoms with van der Waals surface area (Å²) >= 11 is -8.17. The molecule has 1 aromatic carbocycles. The van der Waals surface area contributed by atoms with E-state index in [0.29, 0.717) is 12.1 Å². The Kier molecular flexibility index (Phi) is 17.6. The number of rotatable bonds is 23. The van der Waals surface area contributed by atoms with E-state index in [1.165, 1.54) is 0 Å². The first-order valence-corrected chi connectivity index (χ1v) is 25.4. The molecule has 0 bridgehead atoms. The maximum atomic E-state index is 15.1. The number of halogens is 39. The Labute approximate surface area is 376 Å². The van der Waals surface area contributed by atoms with Crippen LogP contribution < -0.4 is 3.58 Å². The normalized spacial score (nSPS) is 16.4. The van der Waals surface area contributed by atoms with Gasteiger partial charge in [-0.3, -0.25) is 0 Å². The van der Waals surface area contributed by atoms with E-state index in [0.717, 1.165) is 6.92 Å². The molecule has 0 aliphatic rings. The van der Waals surface area contributed by atoms with Crippen molar-refractivity contribution in [1.82, 2.24) is 0 Å². The Morgan fingerprint density at radius 1 is 0.264 bits per heavy atom. The summed E-state index contributed by atoms with van der Waals surface area (Å²) < 4.78 is 530. The van der Waals surface area contributed by atoms with E-state index in [4.69, 9.17) is 0 Å². The summed E-state index contributed by atoms with van der Waals surface area (Å²) in [7, 11) is 0. The van der Waals surface area contributed by atoms with Crippen molar-refractivity contribution in [3.05, 3.63) is 29.8 Å². The Balaban J connectivity index is 4.48. The first-order chi connectivity index (χ1) is 30.9. The van der Waals surface area contributed by atoms with Crippen molar-refractivity contribution in [2.75, 3.05) is 0 Å². The molecule has 0 heterocycles. The van der Waals surface area contributed by atoms with Crippen LogP contribution in [-0.2, 0) is 6.42 Å². The van der Waals surface area contributed by atoms with Crippen molar-refractivity contribution >= 4 is 22.0 Å². The molecule has 0 saturated heterocycles. The van der Waals surface area contributed by atoms with E-state index in [1.54, 1.807) is 0 Å². The molecule has 426 valence electrons. The number of benzene rings is 1. The molecule has 0 saturated carbocycles. The molecule has 40 heteroatoms. The molecule has 0 unspecified atom stereocenters.